The molecule has 11 heteroatoms. The molecule has 0 radical (unpaired) electrons. The minimum absolute atomic E-state index is 0.0206. The molecule has 0 spiro atoms. The maximum absolute atomic E-state index is 13.5. The van der Waals surface area contributed by atoms with Gasteiger partial charge in [-0.15, -0.1) is 0 Å². The van der Waals surface area contributed by atoms with Crippen LogP contribution < -0.4 is 23.7 Å². The standard InChI is InChI=1S/C27H27N3O8/c1-34-17-7-4-6-16(12-17)22(31)20-21(18-13-19-25(38-15-37-19)26(36-3)24(18)35-2)30(27(33)23(20)32)10-5-9-29-11-8-28-14-29/h4,6-8,11-14,21,31H,5,9-10,15H2,1-3H3/t21-/m0/s1. The molecular formula is C27H27N3O8. The van der Waals surface area contributed by atoms with E-state index in [0.717, 1.165) is 0 Å². The van der Waals surface area contributed by atoms with E-state index in [2.05, 4.69) is 4.98 Å². The Balaban J connectivity index is 1.66. The minimum Gasteiger partial charge on any atom is -0.507 e. The predicted octanol–water partition coefficient (Wildman–Crippen LogP) is 3.15. The summed E-state index contributed by atoms with van der Waals surface area (Å²) in [4.78, 5) is 32.3. The van der Waals surface area contributed by atoms with E-state index in [1.54, 1.807) is 42.9 Å². The molecule has 5 rings (SSSR count). The van der Waals surface area contributed by atoms with Crippen LogP contribution in [0.15, 0.2) is 54.6 Å². The van der Waals surface area contributed by atoms with E-state index in [0.29, 0.717) is 41.3 Å². The summed E-state index contributed by atoms with van der Waals surface area (Å²) >= 11 is 0. The highest BCUT2D eigenvalue weighted by atomic mass is 16.7. The number of nitrogens with zero attached hydrogens (tertiary/aromatic N) is 3. The van der Waals surface area contributed by atoms with Crippen molar-refractivity contribution < 1.29 is 38.4 Å². The number of aliphatic hydroxyl groups excluding tert-OH is 1. The highest BCUT2D eigenvalue weighted by molar-refractivity contribution is 6.46. The van der Waals surface area contributed by atoms with Crippen LogP contribution in [0.5, 0.6) is 28.7 Å². The molecule has 1 N–H and O–H groups in total. The van der Waals surface area contributed by atoms with Gasteiger partial charge in [-0.3, -0.25) is 9.59 Å². The van der Waals surface area contributed by atoms with Crippen molar-refractivity contribution in [3.63, 3.8) is 0 Å². The van der Waals surface area contributed by atoms with Gasteiger partial charge in [0.05, 0.1) is 39.3 Å². The molecule has 11 nitrogen and oxygen atoms in total. The predicted molar refractivity (Wildman–Crippen MR) is 135 cm³/mol. The summed E-state index contributed by atoms with van der Waals surface area (Å²) in [5.41, 5.74) is 0.669. The Bertz CT molecular complexity index is 1400. The van der Waals surface area contributed by atoms with E-state index in [-0.39, 0.29) is 36.2 Å². The number of ether oxygens (including phenoxy) is 5. The molecule has 1 amide bonds. The number of carbonyl (C=O) groups is 2. The van der Waals surface area contributed by atoms with Crippen molar-refractivity contribution in [3.05, 3.63) is 65.8 Å². The lowest BCUT2D eigenvalue weighted by molar-refractivity contribution is -0.140. The summed E-state index contributed by atoms with van der Waals surface area (Å²) in [5, 5.41) is 11.4. The molecule has 198 valence electrons. The van der Waals surface area contributed by atoms with Crippen molar-refractivity contribution in [2.24, 2.45) is 0 Å². The van der Waals surface area contributed by atoms with Gasteiger partial charge in [-0.25, -0.2) is 4.98 Å². The van der Waals surface area contributed by atoms with Crippen LogP contribution in [-0.2, 0) is 16.1 Å². The fourth-order valence-electron chi connectivity index (χ4n) is 4.82. The molecule has 3 heterocycles. The Hall–Kier alpha value is -4.67. The summed E-state index contributed by atoms with van der Waals surface area (Å²) < 4.78 is 29.6. The largest absolute Gasteiger partial charge is 0.507 e. The fourth-order valence-corrected chi connectivity index (χ4v) is 4.82. The van der Waals surface area contributed by atoms with Crippen LogP contribution in [0, 0.1) is 0 Å². The van der Waals surface area contributed by atoms with Crippen LogP contribution in [0.3, 0.4) is 0 Å². The van der Waals surface area contributed by atoms with Crippen molar-refractivity contribution >= 4 is 17.4 Å². The fraction of sp³-hybridized carbons (Fsp3) is 0.296. The number of Topliss-reactive ketones (excluding diaryl/α,β-unsaturated/α-hetero) is 1. The van der Waals surface area contributed by atoms with Crippen LogP contribution in [0.25, 0.3) is 5.76 Å². The van der Waals surface area contributed by atoms with E-state index < -0.39 is 17.7 Å². The Morgan fingerprint density at radius 1 is 1.08 bits per heavy atom. The average Bonchev–Trinajstić information content (AvgIpc) is 3.68. The smallest absolute Gasteiger partial charge is 0.295 e. The molecule has 3 aromatic rings. The zero-order valence-corrected chi connectivity index (χ0v) is 21.2. The lowest BCUT2D eigenvalue weighted by Gasteiger charge is -2.27. The number of fused-ring (bicyclic) bond motifs is 1. The summed E-state index contributed by atoms with van der Waals surface area (Å²) in [6, 6.07) is 7.31. The van der Waals surface area contributed by atoms with Gasteiger partial charge in [-0.05, 0) is 24.6 Å². The summed E-state index contributed by atoms with van der Waals surface area (Å²) in [5.74, 6) is -0.116. The van der Waals surface area contributed by atoms with Crippen molar-refractivity contribution in [1.29, 1.82) is 0 Å². The van der Waals surface area contributed by atoms with E-state index in [1.807, 2.05) is 10.8 Å². The zero-order valence-electron chi connectivity index (χ0n) is 21.2. The molecule has 1 saturated heterocycles. The first-order chi connectivity index (χ1) is 18.5. The first-order valence-electron chi connectivity index (χ1n) is 11.9. The lowest BCUT2D eigenvalue weighted by atomic mass is 9.93. The maximum atomic E-state index is 13.5. The number of aliphatic hydroxyl groups is 1. The number of hydrogen-bond donors (Lipinski definition) is 1. The SMILES string of the molecule is COc1cccc(C(O)=C2C(=O)C(=O)N(CCCn3ccnc3)[C@H]2c2cc3c(c(OC)c2OC)OCO3)c1. The van der Waals surface area contributed by atoms with Crippen LogP contribution in [0.2, 0.25) is 0 Å². The van der Waals surface area contributed by atoms with E-state index in [4.69, 9.17) is 23.7 Å². The third-order valence-corrected chi connectivity index (χ3v) is 6.56. The average molecular weight is 522 g/mol. The number of carbonyl (C=O) groups excluding carboxylic acids is 2. The van der Waals surface area contributed by atoms with Gasteiger partial charge < -0.3 is 38.3 Å². The molecule has 38 heavy (non-hydrogen) atoms. The molecule has 2 aliphatic rings. The van der Waals surface area contributed by atoms with Crippen molar-refractivity contribution in [3.8, 4) is 28.7 Å². The number of amides is 1. The van der Waals surface area contributed by atoms with Gasteiger partial charge in [-0.2, -0.15) is 0 Å². The van der Waals surface area contributed by atoms with Crippen LogP contribution in [0.4, 0.5) is 0 Å². The normalized spacial score (nSPS) is 17.7. The number of imidazole rings is 1. The number of benzene rings is 2. The van der Waals surface area contributed by atoms with Gasteiger partial charge in [-0.1, -0.05) is 12.1 Å². The highest BCUT2D eigenvalue weighted by Gasteiger charge is 2.48. The van der Waals surface area contributed by atoms with Gasteiger partial charge in [0.15, 0.2) is 11.5 Å². The van der Waals surface area contributed by atoms with Crippen molar-refractivity contribution in [2.45, 2.75) is 19.0 Å². The van der Waals surface area contributed by atoms with Crippen LogP contribution in [0.1, 0.15) is 23.6 Å². The first-order valence-corrected chi connectivity index (χ1v) is 11.9. The van der Waals surface area contributed by atoms with Gasteiger partial charge >= 0.3 is 0 Å². The molecule has 1 atom stereocenters. The summed E-state index contributed by atoms with van der Waals surface area (Å²) in [6.07, 6.45) is 5.70. The van der Waals surface area contributed by atoms with Gasteiger partial charge in [0, 0.05) is 36.6 Å². The van der Waals surface area contributed by atoms with E-state index in [1.165, 1.54) is 26.2 Å². The summed E-state index contributed by atoms with van der Waals surface area (Å²) in [7, 11) is 4.42. The Morgan fingerprint density at radius 3 is 2.61 bits per heavy atom. The molecule has 1 fully saturated rings. The number of methoxy groups -OCH3 is 3. The second kappa shape index (κ2) is 10.4. The number of hydrogen-bond acceptors (Lipinski definition) is 9. The molecule has 0 bridgehead atoms. The number of rotatable bonds is 9. The quantitative estimate of drug-likeness (QED) is 0.257. The third-order valence-electron chi connectivity index (χ3n) is 6.56. The topological polar surface area (TPSA) is 122 Å². The molecule has 1 aromatic heterocycles. The van der Waals surface area contributed by atoms with Crippen molar-refractivity contribution in [1.82, 2.24) is 14.5 Å². The molecular weight excluding hydrogens is 494 g/mol. The molecule has 0 saturated carbocycles. The Morgan fingerprint density at radius 2 is 1.89 bits per heavy atom. The zero-order chi connectivity index (χ0) is 26.8. The molecule has 0 unspecified atom stereocenters. The minimum atomic E-state index is -0.984. The number of aromatic nitrogens is 2. The van der Waals surface area contributed by atoms with Gasteiger partial charge in [0.2, 0.25) is 18.3 Å². The number of likely N-dealkylation sites (tertiary alicyclic amines) is 1. The monoisotopic (exact) mass is 521 g/mol. The highest BCUT2D eigenvalue weighted by Crippen LogP contribution is 2.53. The van der Waals surface area contributed by atoms with Crippen LogP contribution in [-0.4, -0.2) is 65.9 Å². The lowest BCUT2D eigenvalue weighted by Crippen LogP contribution is -2.31. The molecule has 0 aliphatic carbocycles. The number of ketones is 1. The second-order valence-corrected chi connectivity index (χ2v) is 8.64. The number of aryl methyl sites for hydroxylation is 1. The molecule has 2 aliphatic heterocycles. The van der Waals surface area contributed by atoms with Crippen LogP contribution >= 0.6 is 0 Å². The second-order valence-electron chi connectivity index (χ2n) is 8.64. The van der Waals surface area contributed by atoms with Gasteiger partial charge in [0.25, 0.3) is 11.7 Å². The Kier molecular flexibility index (Phi) is 6.82. The molecule has 2 aromatic carbocycles. The van der Waals surface area contributed by atoms with E-state index in [9.17, 15) is 14.7 Å². The Labute approximate surface area is 218 Å². The first kappa shape index (κ1) is 25.0. The maximum Gasteiger partial charge on any atom is 0.295 e. The van der Waals surface area contributed by atoms with E-state index >= 15 is 0 Å². The van der Waals surface area contributed by atoms with Crippen molar-refractivity contribution in [2.75, 3.05) is 34.7 Å². The summed E-state index contributed by atoms with van der Waals surface area (Å²) in [6.45, 7) is 0.780. The third kappa shape index (κ3) is 4.25. The van der Waals surface area contributed by atoms with Gasteiger partial charge in [0.1, 0.15) is 11.5 Å².